The van der Waals surface area contributed by atoms with Gasteiger partial charge in [0.1, 0.15) is 6.04 Å². The predicted octanol–water partition coefficient (Wildman–Crippen LogP) is 1.75. The summed E-state index contributed by atoms with van der Waals surface area (Å²) in [7, 11) is 1.85. The van der Waals surface area contributed by atoms with Gasteiger partial charge in [0.05, 0.1) is 5.69 Å². The van der Waals surface area contributed by atoms with Gasteiger partial charge in [-0.15, -0.1) is 0 Å². The van der Waals surface area contributed by atoms with Gasteiger partial charge in [-0.25, -0.2) is 0 Å². The van der Waals surface area contributed by atoms with Crippen LogP contribution in [-0.2, 0) is 4.79 Å². The lowest BCUT2D eigenvalue weighted by Crippen LogP contribution is -2.56. The maximum Gasteiger partial charge on any atom is 0.245 e. The average Bonchev–Trinajstić information content (AvgIpc) is 2.36. The van der Waals surface area contributed by atoms with Crippen LogP contribution >= 0.6 is 15.9 Å². The number of anilines is 1. The van der Waals surface area contributed by atoms with E-state index in [9.17, 15) is 4.79 Å². The molecule has 0 aliphatic carbocycles. The fourth-order valence-corrected chi connectivity index (χ4v) is 3.20. The highest BCUT2D eigenvalue weighted by Crippen LogP contribution is 2.31. The third kappa shape index (κ3) is 2.92. The second-order valence-corrected chi connectivity index (χ2v) is 5.86. The van der Waals surface area contributed by atoms with E-state index in [-0.39, 0.29) is 11.9 Å². The van der Waals surface area contributed by atoms with Crippen LogP contribution in [-0.4, -0.2) is 43.5 Å². The van der Waals surface area contributed by atoms with E-state index in [1.165, 1.54) is 5.56 Å². The van der Waals surface area contributed by atoms with Crippen molar-refractivity contribution in [1.82, 2.24) is 4.90 Å². The smallest absolute Gasteiger partial charge is 0.245 e. The van der Waals surface area contributed by atoms with Crippen LogP contribution in [0.2, 0.25) is 0 Å². The van der Waals surface area contributed by atoms with E-state index in [0.29, 0.717) is 13.0 Å². The Morgan fingerprint density at radius 3 is 2.79 bits per heavy atom. The van der Waals surface area contributed by atoms with Crippen molar-refractivity contribution in [3.63, 3.8) is 0 Å². The molecule has 2 rings (SSSR count). The van der Waals surface area contributed by atoms with Crippen molar-refractivity contribution in [2.75, 3.05) is 31.6 Å². The van der Waals surface area contributed by atoms with Gasteiger partial charge in [0, 0.05) is 24.6 Å². The number of amides is 1. The first-order chi connectivity index (χ1) is 9.04. The molecule has 1 saturated heterocycles. The second-order valence-electron chi connectivity index (χ2n) is 5.00. The number of likely N-dealkylation sites (N-methyl/N-ethyl adjacent to an activating group) is 1. The molecule has 0 bridgehead atoms. The minimum absolute atomic E-state index is 0.150. The molecule has 0 radical (unpaired) electrons. The van der Waals surface area contributed by atoms with Crippen molar-refractivity contribution in [2.24, 2.45) is 5.73 Å². The fraction of sp³-hybridized carbons (Fsp3) is 0.500. The maximum absolute atomic E-state index is 12.3. The molecule has 1 amide bonds. The van der Waals surface area contributed by atoms with Gasteiger partial charge in [0.25, 0.3) is 0 Å². The number of hydrogen-bond acceptors (Lipinski definition) is 3. The van der Waals surface area contributed by atoms with Crippen molar-refractivity contribution in [1.29, 1.82) is 0 Å². The Hall–Kier alpha value is -1.07. The first-order valence-corrected chi connectivity index (χ1v) is 7.31. The first kappa shape index (κ1) is 14.3. The van der Waals surface area contributed by atoms with Crippen molar-refractivity contribution in [3.05, 3.63) is 28.2 Å². The Kier molecular flexibility index (Phi) is 4.47. The number of aryl methyl sites for hydroxylation is 1. The summed E-state index contributed by atoms with van der Waals surface area (Å²) in [4.78, 5) is 16.2. The van der Waals surface area contributed by atoms with Crippen LogP contribution in [0.25, 0.3) is 0 Å². The van der Waals surface area contributed by atoms with Crippen LogP contribution < -0.4 is 10.6 Å². The molecular weight excluding hydrogens is 306 g/mol. The second kappa shape index (κ2) is 5.92. The quantitative estimate of drug-likeness (QED) is 0.921. The summed E-state index contributed by atoms with van der Waals surface area (Å²) in [5.41, 5.74) is 7.94. The molecule has 1 fully saturated rings. The van der Waals surface area contributed by atoms with Gasteiger partial charge in [-0.2, -0.15) is 0 Å². The summed E-state index contributed by atoms with van der Waals surface area (Å²) in [6.07, 6.45) is 0.684. The molecular formula is C14H20BrN3O. The number of carbonyl (C=O) groups excluding carboxylic acids is 1. The molecule has 19 heavy (non-hydrogen) atoms. The Balaban J connectivity index is 2.32. The normalized spacial score (nSPS) is 20.0. The molecule has 104 valence electrons. The summed E-state index contributed by atoms with van der Waals surface area (Å²) in [6, 6.07) is 6.07. The van der Waals surface area contributed by atoms with Crippen LogP contribution in [0.3, 0.4) is 0 Å². The Bertz CT molecular complexity index is 478. The number of nitrogens with two attached hydrogens (primary N) is 1. The minimum atomic E-state index is -0.150. The predicted molar refractivity (Wildman–Crippen MR) is 81.3 cm³/mol. The monoisotopic (exact) mass is 325 g/mol. The zero-order valence-electron chi connectivity index (χ0n) is 11.4. The molecule has 5 heteroatoms. The molecule has 0 saturated carbocycles. The summed E-state index contributed by atoms with van der Waals surface area (Å²) < 4.78 is 1.03. The molecule has 1 aliphatic rings. The summed E-state index contributed by atoms with van der Waals surface area (Å²) in [5.74, 6) is 0.157. The molecule has 1 aliphatic heterocycles. The van der Waals surface area contributed by atoms with E-state index < -0.39 is 0 Å². The van der Waals surface area contributed by atoms with Gasteiger partial charge in [0.15, 0.2) is 0 Å². The molecule has 1 aromatic carbocycles. The number of carbonyl (C=O) groups is 1. The van der Waals surface area contributed by atoms with E-state index in [4.69, 9.17) is 5.73 Å². The number of benzene rings is 1. The fourth-order valence-electron chi connectivity index (χ4n) is 2.48. The van der Waals surface area contributed by atoms with Gasteiger partial charge in [0.2, 0.25) is 5.91 Å². The maximum atomic E-state index is 12.3. The Morgan fingerprint density at radius 2 is 2.16 bits per heavy atom. The zero-order valence-corrected chi connectivity index (χ0v) is 13.0. The van der Waals surface area contributed by atoms with Crippen LogP contribution in [0.15, 0.2) is 22.7 Å². The topological polar surface area (TPSA) is 49.6 Å². The highest BCUT2D eigenvalue weighted by molar-refractivity contribution is 9.10. The van der Waals surface area contributed by atoms with E-state index in [0.717, 1.165) is 23.2 Å². The lowest BCUT2D eigenvalue weighted by molar-refractivity contribution is -0.133. The molecule has 1 aromatic rings. The molecule has 0 spiro atoms. The van der Waals surface area contributed by atoms with Crippen molar-refractivity contribution < 1.29 is 4.79 Å². The van der Waals surface area contributed by atoms with E-state index in [2.05, 4.69) is 46.0 Å². The van der Waals surface area contributed by atoms with Gasteiger partial charge in [-0.05, 0) is 53.5 Å². The summed E-state index contributed by atoms with van der Waals surface area (Å²) in [5, 5.41) is 0. The van der Waals surface area contributed by atoms with E-state index >= 15 is 0 Å². The standard InChI is InChI=1S/C14H20BrN3O/c1-10-3-4-12(11(15)9-10)18-8-7-17(2)14(19)13(18)5-6-16/h3-4,9,13H,5-8,16H2,1-2H3. The average molecular weight is 326 g/mol. The molecule has 4 nitrogen and oxygen atoms in total. The van der Waals surface area contributed by atoms with Crippen molar-refractivity contribution in [3.8, 4) is 0 Å². The number of nitrogens with zero attached hydrogens (tertiary/aromatic N) is 2. The largest absolute Gasteiger partial charge is 0.357 e. The van der Waals surface area contributed by atoms with Crippen molar-refractivity contribution in [2.45, 2.75) is 19.4 Å². The molecule has 1 heterocycles. The molecule has 1 atom stereocenters. The van der Waals surface area contributed by atoms with Gasteiger partial charge in [-0.1, -0.05) is 6.07 Å². The Labute approximate surface area is 122 Å². The van der Waals surface area contributed by atoms with Gasteiger partial charge >= 0.3 is 0 Å². The van der Waals surface area contributed by atoms with Crippen LogP contribution in [0.1, 0.15) is 12.0 Å². The first-order valence-electron chi connectivity index (χ1n) is 6.52. The molecule has 0 aromatic heterocycles. The number of hydrogen-bond donors (Lipinski definition) is 1. The van der Waals surface area contributed by atoms with E-state index in [1.807, 2.05) is 7.05 Å². The zero-order chi connectivity index (χ0) is 14.0. The van der Waals surface area contributed by atoms with Crippen LogP contribution in [0, 0.1) is 6.92 Å². The highest BCUT2D eigenvalue weighted by Gasteiger charge is 2.33. The van der Waals surface area contributed by atoms with Crippen LogP contribution in [0.5, 0.6) is 0 Å². The number of halogens is 1. The minimum Gasteiger partial charge on any atom is -0.357 e. The molecule has 1 unspecified atom stereocenters. The van der Waals surface area contributed by atoms with Gasteiger partial charge < -0.3 is 15.5 Å². The molecule has 2 N–H and O–H groups in total. The third-order valence-electron chi connectivity index (χ3n) is 3.57. The van der Waals surface area contributed by atoms with E-state index in [1.54, 1.807) is 4.90 Å². The Morgan fingerprint density at radius 1 is 1.42 bits per heavy atom. The van der Waals surface area contributed by atoms with Gasteiger partial charge in [-0.3, -0.25) is 4.79 Å². The lowest BCUT2D eigenvalue weighted by Gasteiger charge is -2.41. The number of rotatable bonds is 3. The third-order valence-corrected chi connectivity index (χ3v) is 4.20. The summed E-state index contributed by atoms with van der Waals surface area (Å²) >= 11 is 3.60. The lowest BCUT2D eigenvalue weighted by atomic mass is 10.1. The highest BCUT2D eigenvalue weighted by atomic mass is 79.9. The van der Waals surface area contributed by atoms with Crippen LogP contribution in [0.4, 0.5) is 5.69 Å². The summed E-state index contributed by atoms with van der Waals surface area (Å²) in [6.45, 7) is 4.17. The van der Waals surface area contributed by atoms with Crippen molar-refractivity contribution >= 4 is 27.5 Å². The SMILES string of the molecule is Cc1ccc(N2CCN(C)C(=O)C2CCN)c(Br)c1. The number of piperazine rings is 1.